The van der Waals surface area contributed by atoms with E-state index in [2.05, 4.69) is 50.9 Å². The second-order valence-electron chi connectivity index (χ2n) is 7.76. The quantitative estimate of drug-likeness (QED) is 0.357. The average molecular weight is 437 g/mol. The first-order valence-electron chi connectivity index (χ1n) is 10.3. The molecule has 30 heavy (non-hydrogen) atoms. The van der Waals surface area contributed by atoms with Crippen LogP contribution in [0.15, 0.2) is 29.4 Å². The van der Waals surface area contributed by atoms with Crippen molar-refractivity contribution in [1.29, 1.82) is 0 Å². The van der Waals surface area contributed by atoms with Gasteiger partial charge in [0.1, 0.15) is 22.3 Å². The highest BCUT2D eigenvalue weighted by Crippen LogP contribution is 2.37. The highest BCUT2D eigenvalue weighted by Gasteiger charge is 2.20. The van der Waals surface area contributed by atoms with Crippen LogP contribution in [0.3, 0.4) is 0 Å². The van der Waals surface area contributed by atoms with Crippen molar-refractivity contribution in [2.45, 2.75) is 56.9 Å². The molecule has 0 aliphatic heterocycles. The van der Waals surface area contributed by atoms with Crippen LogP contribution in [0, 0.1) is 13.8 Å². The summed E-state index contributed by atoms with van der Waals surface area (Å²) in [5, 5.41) is 10.6. The molecule has 0 atom stereocenters. The molecule has 0 radical (unpaired) electrons. The minimum Gasteiger partial charge on any atom is -0.383 e. The number of nitrogens with two attached hydrogens (primary N) is 1. The van der Waals surface area contributed by atoms with Gasteiger partial charge in [0.15, 0.2) is 5.16 Å². The molecule has 2 N–H and O–H groups in total. The molecule has 8 heteroatoms. The standard InChI is InChI=1S/C22H24N6S2/c1-13-7-6-8-15(11-13)28-14(2)26-27-22(28)29-12-18-24-20(23)19-16-9-4-3-5-10-17(16)30-21(19)25-18/h6-8,11H,3-5,9-10,12H2,1-2H3,(H2,23,24,25). The number of rotatable bonds is 4. The molecule has 1 aliphatic rings. The minimum absolute atomic E-state index is 0.604. The number of nitrogen functional groups attached to an aromatic ring is 1. The third kappa shape index (κ3) is 3.58. The summed E-state index contributed by atoms with van der Waals surface area (Å²) in [5.41, 5.74) is 10.1. The molecule has 1 aromatic carbocycles. The molecule has 0 spiro atoms. The van der Waals surface area contributed by atoms with Crippen molar-refractivity contribution < 1.29 is 0 Å². The topological polar surface area (TPSA) is 82.5 Å². The van der Waals surface area contributed by atoms with E-state index in [0.717, 1.165) is 45.6 Å². The van der Waals surface area contributed by atoms with Crippen LogP contribution < -0.4 is 5.73 Å². The number of aromatic nitrogens is 5. The highest BCUT2D eigenvalue weighted by molar-refractivity contribution is 7.98. The molecule has 0 bridgehead atoms. The maximum absolute atomic E-state index is 6.40. The van der Waals surface area contributed by atoms with Crippen molar-refractivity contribution in [1.82, 2.24) is 24.7 Å². The molecular formula is C22H24N6S2. The Labute approximate surface area is 184 Å². The van der Waals surface area contributed by atoms with E-state index in [1.54, 1.807) is 23.1 Å². The third-order valence-electron chi connectivity index (χ3n) is 5.52. The summed E-state index contributed by atoms with van der Waals surface area (Å²) in [6, 6.07) is 8.36. The summed E-state index contributed by atoms with van der Waals surface area (Å²) in [5.74, 6) is 2.83. The van der Waals surface area contributed by atoms with E-state index in [-0.39, 0.29) is 0 Å². The van der Waals surface area contributed by atoms with E-state index < -0.39 is 0 Å². The van der Waals surface area contributed by atoms with E-state index in [4.69, 9.17) is 10.7 Å². The van der Waals surface area contributed by atoms with Crippen molar-refractivity contribution >= 4 is 39.1 Å². The number of aryl methyl sites for hydroxylation is 4. The van der Waals surface area contributed by atoms with Gasteiger partial charge in [-0.15, -0.1) is 21.5 Å². The number of hydrogen-bond acceptors (Lipinski definition) is 7. The van der Waals surface area contributed by atoms with E-state index in [1.165, 1.54) is 35.3 Å². The normalized spacial score (nSPS) is 14.1. The minimum atomic E-state index is 0.604. The van der Waals surface area contributed by atoms with Gasteiger partial charge in [0.25, 0.3) is 0 Å². The van der Waals surface area contributed by atoms with Gasteiger partial charge in [-0.05, 0) is 62.8 Å². The molecule has 6 nitrogen and oxygen atoms in total. The van der Waals surface area contributed by atoms with E-state index in [0.29, 0.717) is 11.6 Å². The van der Waals surface area contributed by atoms with Gasteiger partial charge in [-0.1, -0.05) is 30.3 Å². The van der Waals surface area contributed by atoms with Gasteiger partial charge in [-0.25, -0.2) is 9.97 Å². The molecule has 3 heterocycles. The number of thioether (sulfide) groups is 1. The third-order valence-corrected chi connectivity index (χ3v) is 7.63. The van der Waals surface area contributed by atoms with Crippen molar-refractivity contribution in [2.75, 3.05) is 5.73 Å². The van der Waals surface area contributed by atoms with Crippen LogP contribution in [0.25, 0.3) is 15.9 Å². The number of hydrogen-bond donors (Lipinski definition) is 1. The number of thiophene rings is 1. The SMILES string of the molecule is Cc1cccc(-n2c(C)nnc2SCc2nc(N)c3c4c(sc3n2)CCCCC4)c1. The van der Waals surface area contributed by atoms with Crippen LogP contribution in [0.2, 0.25) is 0 Å². The van der Waals surface area contributed by atoms with Gasteiger partial charge < -0.3 is 5.73 Å². The van der Waals surface area contributed by atoms with Gasteiger partial charge in [0, 0.05) is 10.6 Å². The lowest BCUT2D eigenvalue weighted by atomic mass is 10.1. The van der Waals surface area contributed by atoms with Crippen molar-refractivity contribution in [2.24, 2.45) is 0 Å². The molecule has 0 saturated heterocycles. The highest BCUT2D eigenvalue weighted by atomic mass is 32.2. The average Bonchev–Trinajstić information content (AvgIpc) is 3.18. The Hall–Kier alpha value is -2.45. The molecular weight excluding hydrogens is 412 g/mol. The van der Waals surface area contributed by atoms with Crippen molar-refractivity contribution in [3.05, 3.63) is 51.9 Å². The second-order valence-corrected chi connectivity index (χ2v) is 9.79. The maximum Gasteiger partial charge on any atom is 0.196 e. The predicted octanol–water partition coefficient (Wildman–Crippen LogP) is 5.03. The zero-order chi connectivity index (χ0) is 20.7. The zero-order valence-electron chi connectivity index (χ0n) is 17.2. The van der Waals surface area contributed by atoms with E-state index in [1.807, 2.05) is 6.92 Å². The summed E-state index contributed by atoms with van der Waals surface area (Å²) in [4.78, 5) is 12.0. The fraction of sp³-hybridized carbons (Fsp3) is 0.364. The van der Waals surface area contributed by atoms with Gasteiger partial charge >= 0.3 is 0 Å². The molecule has 154 valence electrons. The molecule has 0 amide bonds. The molecule has 0 saturated carbocycles. The van der Waals surface area contributed by atoms with Gasteiger partial charge in [-0.3, -0.25) is 4.57 Å². The van der Waals surface area contributed by atoms with E-state index >= 15 is 0 Å². The fourth-order valence-corrected chi connectivity index (χ4v) is 6.24. The van der Waals surface area contributed by atoms with Crippen molar-refractivity contribution in [3.63, 3.8) is 0 Å². The Morgan fingerprint density at radius 1 is 1.10 bits per heavy atom. The Morgan fingerprint density at radius 3 is 2.83 bits per heavy atom. The second kappa shape index (κ2) is 8.00. The van der Waals surface area contributed by atoms with Gasteiger partial charge in [0.2, 0.25) is 0 Å². The van der Waals surface area contributed by atoms with Crippen LogP contribution in [-0.4, -0.2) is 24.7 Å². The zero-order valence-corrected chi connectivity index (χ0v) is 18.8. The molecule has 1 aliphatic carbocycles. The van der Waals surface area contributed by atoms with E-state index in [9.17, 15) is 0 Å². The molecule has 3 aromatic heterocycles. The lowest BCUT2D eigenvalue weighted by Gasteiger charge is -2.09. The Balaban J connectivity index is 1.44. The summed E-state index contributed by atoms with van der Waals surface area (Å²) in [6.45, 7) is 4.06. The lowest BCUT2D eigenvalue weighted by molar-refractivity contribution is 0.713. The Kier molecular flexibility index (Phi) is 5.20. The van der Waals surface area contributed by atoms with Crippen LogP contribution in [0.4, 0.5) is 5.82 Å². The summed E-state index contributed by atoms with van der Waals surface area (Å²) in [6.07, 6.45) is 6.00. The summed E-state index contributed by atoms with van der Waals surface area (Å²) >= 11 is 3.39. The van der Waals surface area contributed by atoms with Gasteiger partial charge in [0.05, 0.1) is 11.1 Å². The number of nitrogens with zero attached hydrogens (tertiary/aromatic N) is 5. The van der Waals surface area contributed by atoms with Crippen LogP contribution in [0.1, 0.15) is 46.9 Å². The first kappa shape index (κ1) is 19.5. The van der Waals surface area contributed by atoms with Crippen LogP contribution in [0.5, 0.6) is 0 Å². The summed E-state index contributed by atoms with van der Waals surface area (Å²) < 4.78 is 2.08. The summed E-state index contributed by atoms with van der Waals surface area (Å²) in [7, 11) is 0. The first-order chi connectivity index (χ1) is 14.6. The largest absolute Gasteiger partial charge is 0.383 e. The monoisotopic (exact) mass is 436 g/mol. The molecule has 0 fully saturated rings. The fourth-order valence-electron chi connectivity index (χ4n) is 4.10. The number of fused-ring (bicyclic) bond motifs is 3. The van der Waals surface area contributed by atoms with Crippen LogP contribution in [-0.2, 0) is 18.6 Å². The molecule has 5 rings (SSSR count). The number of anilines is 1. The Bertz CT molecular complexity index is 1230. The van der Waals surface area contributed by atoms with Crippen LogP contribution >= 0.6 is 23.1 Å². The maximum atomic E-state index is 6.40. The molecule has 0 unspecified atom stereocenters. The number of benzene rings is 1. The smallest absolute Gasteiger partial charge is 0.196 e. The first-order valence-corrected chi connectivity index (χ1v) is 12.1. The van der Waals surface area contributed by atoms with Crippen molar-refractivity contribution in [3.8, 4) is 5.69 Å². The lowest BCUT2D eigenvalue weighted by Crippen LogP contribution is -2.02. The predicted molar refractivity (Wildman–Crippen MR) is 123 cm³/mol. The van der Waals surface area contributed by atoms with Gasteiger partial charge in [-0.2, -0.15) is 0 Å². The molecule has 4 aromatic rings. The Morgan fingerprint density at radius 2 is 1.97 bits per heavy atom.